The Labute approximate surface area is 275 Å². The summed E-state index contributed by atoms with van der Waals surface area (Å²) in [6.07, 6.45) is 0.156. The number of phenolic OH excluding ortho intramolecular Hbond substituents is 1. The number of aliphatic hydroxyl groups excluding tert-OH is 2. The first-order valence-corrected chi connectivity index (χ1v) is 16.5. The van der Waals surface area contributed by atoms with E-state index in [-0.39, 0.29) is 37.6 Å². The number of hydrogen-bond donors (Lipinski definition) is 3. The van der Waals surface area contributed by atoms with Crippen molar-refractivity contribution in [2.75, 3.05) is 46.5 Å². The van der Waals surface area contributed by atoms with Gasteiger partial charge in [0.05, 0.1) is 44.7 Å². The van der Waals surface area contributed by atoms with Crippen molar-refractivity contribution in [1.82, 2.24) is 9.80 Å². The number of ether oxygens (including phenoxy) is 3. The van der Waals surface area contributed by atoms with Crippen molar-refractivity contribution in [2.24, 2.45) is 0 Å². The number of phenols is 1. The highest BCUT2D eigenvalue weighted by atomic mass is 19.4. The third kappa shape index (κ3) is 9.45. The average molecular weight is 667 g/mol. The molecule has 4 aliphatic rings. The molecule has 2 saturated heterocycles. The van der Waals surface area contributed by atoms with Crippen LogP contribution in [0.15, 0.2) is 36.4 Å². The normalized spacial score (nSPS) is 27.0. The summed E-state index contributed by atoms with van der Waals surface area (Å²) in [6.45, 7) is 8.30. The van der Waals surface area contributed by atoms with Crippen molar-refractivity contribution in [3.8, 4) is 11.5 Å². The van der Waals surface area contributed by atoms with Crippen molar-refractivity contribution in [3.63, 3.8) is 0 Å². The quantitative estimate of drug-likeness (QED) is 0.381. The lowest BCUT2D eigenvalue weighted by Gasteiger charge is -2.47. The predicted octanol–water partition coefficient (Wildman–Crippen LogP) is 3.71. The van der Waals surface area contributed by atoms with Crippen LogP contribution in [0.2, 0.25) is 0 Å². The van der Waals surface area contributed by atoms with E-state index in [9.17, 15) is 28.5 Å². The van der Waals surface area contributed by atoms with Crippen molar-refractivity contribution >= 4 is 6.29 Å². The highest BCUT2D eigenvalue weighted by Crippen LogP contribution is 2.36. The van der Waals surface area contributed by atoms with Gasteiger partial charge in [0.15, 0.2) is 0 Å². The molecule has 262 valence electrons. The summed E-state index contributed by atoms with van der Waals surface area (Å²) >= 11 is 0. The molecule has 0 amide bonds. The van der Waals surface area contributed by atoms with Crippen LogP contribution in [-0.4, -0.2) is 121 Å². The van der Waals surface area contributed by atoms with Gasteiger partial charge in [-0.25, -0.2) is 0 Å². The molecule has 2 fully saturated rings. The molecule has 2 aromatic carbocycles. The van der Waals surface area contributed by atoms with Crippen LogP contribution >= 0.6 is 0 Å². The van der Waals surface area contributed by atoms with Gasteiger partial charge < -0.3 is 29.5 Å². The van der Waals surface area contributed by atoms with E-state index in [0.717, 1.165) is 76.0 Å². The number of alkyl halides is 3. The molecule has 2 aliphatic carbocycles. The zero-order chi connectivity index (χ0) is 34.1. The van der Waals surface area contributed by atoms with Crippen LogP contribution in [0.25, 0.3) is 0 Å². The lowest BCUT2D eigenvalue weighted by Crippen LogP contribution is -2.58. The highest BCUT2D eigenvalue weighted by Gasteiger charge is 2.41. The summed E-state index contributed by atoms with van der Waals surface area (Å²) in [7, 11) is 1.73. The van der Waals surface area contributed by atoms with Gasteiger partial charge in [-0.15, -0.1) is 0 Å². The van der Waals surface area contributed by atoms with Crippen LogP contribution in [0.5, 0.6) is 11.5 Å². The highest BCUT2D eigenvalue weighted by molar-refractivity contribution is 5.56. The van der Waals surface area contributed by atoms with E-state index in [1.807, 2.05) is 12.1 Å². The first-order valence-electron chi connectivity index (χ1n) is 16.5. The van der Waals surface area contributed by atoms with Crippen LogP contribution in [-0.2, 0) is 40.0 Å². The van der Waals surface area contributed by atoms with E-state index in [4.69, 9.17) is 19.0 Å². The summed E-state index contributed by atoms with van der Waals surface area (Å²) in [6, 6.07) is 12.9. The Balaban J connectivity index is 0.000000182. The number of aliphatic hydroxyl groups is 2. The second-order valence-corrected chi connectivity index (χ2v) is 12.6. The number of morpholine rings is 2. The van der Waals surface area contributed by atoms with Crippen LogP contribution in [0.4, 0.5) is 13.2 Å². The number of methoxy groups -OCH3 is 1. The minimum absolute atomic E-state index is 0.0611. The van der Waals surface area contributed by atoms with Gasteiger partial charge in [0.1, 0.15) is 11.5 Å². The number of aldehydes is 1. The molecule has 0 unspecified atom stereocenters. The SMILES string of the molecule is CCCN1C[C@H](CO)O[C@H]2Cc3c(O)cccc3C[C@@H]21.CCCN1C[C@H](CO)O[C@H]2Cc3c(cccc3OC)C[C@@H]21.O=CC(F)(F)F. The van der Waals surface area contributed by atoms with E-state index in [1.165, 1.54) is 16.7 Å². The average Bonchev–Trinajstić information content (AvgIpc) is 3.07. The molecule has 0 radical (unpaired) electrons. The number of aromatic hydroxyl groups is 1. The number of fused-ring (bicyclic) bond motifs is 4. The zero-order valence-corrected chi connectivity index (χ0v) is 27.5. The lowest BCUT2D eigenvalue weighted by atomic mass is 9.83. The Kier molecular flexibility index (Phi) is 13.5. The van der Waals surface area contributed by atoms with Gasteiger partial charge in [-0.05, 0) is 73.2 Å². The number of halogens is 3. The molecule has 0 aromatic heterocycles. The molecule has 0 spiro atoms. The fourth-order valence-corrected chi connectivity index (χ4v) is 7.33. The second-order valence-electron chi connectivity index (χ2n) is 12.6. The molecule has 3 N–H and O–H groups in total. The number of hydrogen-bond acceptors (Lipinski definition) is 9. The van der Waals surface area contributed by atoms with E-state index in [0.29, 0.717) is 17.8 Å². The number of rotatable bonds is 7. The van der Waals surface area contributed by atoms with Gasteiger partial charge >= 0.3 is 6.18 Å². The second kappa shape index (κ2) is 17.1. The Morgan fingerprint density at radius 3 is 1.74 bits per heavy atom. The number of carbonyl (C=O) groups excluding carboxylic acids is 1. The molecular weight excluding hydrogens is 617 g/mol. The fraction of sp³-hybridized carbons (Fsp3) is 0.629. The van der Waals surface area contributed by atoms with E-state index in [1.54, 1.807) is 13.2 Å². The predicted molar refractivity (Wildman–Crippen MR) is 171 cm³/mol. The van der Waals surface area contributed by atoms with Gasteiger partial charge in [-0.2, -0.15) is 13.2 Å². The van der Waals surface area contributed by atoms with E-state index in [2.05, 4.69) is 41.8 Å². The van der Waals surface area contributed by atoms with Gasteiger partial charge in [-0.3, -0.25) is 14.6 Å². The van der Waals surface area contributed by atoms with Crippen LogP contribution in [0.1, 0.15) is 48.9 Å². The van der Waals surface area contributed by atoms with Crippen LogP contribution in [0.3, 0.4) is 0 Å². The first kappa shape index (κ1) is 37.1. The summed E-state index contributed by atoms with van der Waals surface area (Å²) in [4.78, 5) is 13.6. The van der Waals surface area contributed by atoms with Gasteiger partial charge in [0.2, 0.25) is 6.29 Å². The van der Waals surface area contributed by atoms with Gasteiger partial charge in [0, 0.05) is 38.0 Å². The van der Waals surface area contributed by atoms with Crippen molar-refractivity contribution in [1.29, 1.82) is 0 Å². The molecule has 6 atom stereocenters. The molecule has 0 bridgehead atoms. The zero-order valence-electron chi connectivity index (χ0n) is 27.5. The number of benzene rings is 2. The molecule has 9 nitrogen and oxygen atoms in total. The monoisotopic (exact) mass is 666 g/mol. The number of carbonyl (C=O) groups is 1. The minimum atomic E-state index is -4.64. The third-order valence-electron chi connectivity index (χ3n) is 9.34. The topological polar surface area (TPSA) is 112 Å². The maximum Gasteiger partial charge on any atom is 0.446 e. The maximum absolute atomic E-state index is 10.4. The molecule has 0 saturated carbocycles. The maximum atomic E-state index is 10.4. The molecule has 12 heteroatoms. The summed E-state index contributed by atoms with van der Waals surface area (Å²) in [5.41, 5.74) is 4.90. The fourth-order valence-electron chi connectivity index (χ4n) is 7.33. The van der Waals surface area contributed by atoms with Gasteiger partial charge in [-0.1, -0.05) is 38.1 Å². The largest absolute Gasteiger partial charge is 0.508 e. The molecular formula is C35H49F3N2O7. The summed E-state index contributed by atoms with van der Waals surface area (Å²) in [5, 5.41) is 28.9. The molecule has 2 heterocycles. The summed E-state index contributed by atoms with van der Waals surface area (Å²) < 4.78 is 48.9. The minimum Gasteiger partial charge on any atom is -0.508 e. The Morgan fingerprint density at radius 2 is 1.30 bits per heavy atom. The summed E-state index contributed by atoms with van der Waals surface area (Å²) in [5.74, 6) is 1.33. The van der Waals surface area contributed by atoms with Gasteiger partial charge in [0.25, 0.3) is 0 Å². The smallest absolute Gasteiger partial charge is 0.446 e. The third-order valence-corrected chi connectivity index (χ3v) is 9.34. The van der Waals surface area contributed by atoms with E-state index >= 15 is 0 Å². The van der Waals surface area contributed by atoms with Crippen LogP contribution < -0.4 is 4.74 Å². The molecule has 47 heavy (non-hydrogen) atoms. The van der Waals surface area contributed by atoms with Crippen molar-refractivity contribution < 1.29 is 47.5 Å². The van der Waals surface area contributed by atoms with E-state index < -0.39 is 12.5 Å². The lowest BCUT2D eigenvalue weighted by molar-refractivity contribution is -0.156. The first-order chi connectivity index (χ1) is 22.5. The Bertz CT molecular complexity index is 1300. The van der Waals surface area contributed by atoms with Crippen molar-refractivity contribution in [3.05, 3.63) is 58.7 Å². The number of nitrogens with zero attached hydrogens (tertiary/aromatic N) is 2. The van der Waals surface area contributed by atoms with Crippen LogP contribution in [0, 0.1) is 0 Å². The van der Waals surface area contributed by atoms with Crippen molar-refractivity contribution in [2.45, 2.75) is 95.0 Å². The Hall–Kier alpha value is -2.74. The standard InChI is InChI=1S/C17H25NO3.C16H23NO3.C2HF3O/c1-3-7-18-10-13(11-19)21-17-9-14-12(8-15(17)18)5-4-6-16(14)20-2;1-2-6-17-9-12(10-18)20-16-8-13-11(7-14(16)17)4-3-5-15(13)19;3-2(4,5)1-6/h4-6,13,15,17,19H,3,7-11H2,1-2H3;3-5,12,14,16,18-19H,2,6-10H2,1H3;1H/t13-,15+,17+;12-,14+,16+;/m11./s1. The Morgan fingerprint density at radius 1 is 0.830 bits per heavy atom. The molecule has 6 rings (SSSR count). The molecule has 2 aromatic rings. The molecule has 2 aliphatic heterocycles.